The number of halogens is 1. The first kappa shape index (κ1) is 27.6. The van der Waals surface area contributed by atoms with Gasteiger partial charge in [-0.3, -0.25) is 4.79 Å². The van der Waals surface area contributed by atoms with E-state index in [0.717, 1.165) is 18.7 Å². The molecule has 3 rings (SSSR count). The minimum absolute atomic E-state index is 0. The predicted molar refractivity (Wildman–Crippen MR) is 140 cm³/mol. The van der Waals surface area contributed by atoms with Crippen LogP contribution in [-0.2, 0) is 4.79 Å². The predicted octanol–water partition coefficient (Wildman–Crippen LogP) is 5.87. The maximum absolute atomic E-state index is 13.2. The molecule has 34 heavy (non-hydrogen) atoms. The van der Waals surface area contributed by atoms with Gasteiger partial charge in [0.05, 0.1) is 10.9 Å². The molecule has 0 bridgehead atoms. The zero-order chi connectivity index (χ0) is 24.1. The molecule has 0 aliphatic carbocycles. The Morgan fingerprint density at radius 3 is 2.03 bits per heavy atom. The molecule has 5 nitrogen and oxygen atoms in total. The van der Waals surface area contributed by atoms with Crippen molar-refractivity contribution in [1.29, 1.82) is 0 Å². The van der Waals surface area contributed by atoms with Gasteiger partial charge in [0.15, 0.2) is 0 Å². The Balaban J connectivity index is 0.00000408. The molecule has 0 radical (unpaired) electrons. The van der Waals surface area contributed by atoms with Crippen LogP contribution in [0, 0.1) is 17.8 Å². The average Bonchev–Trinajstić information content (AvgIpc) is 2.75. The molecule has 1 N–H and O–H groups in total. The van der Waals surface area contributed by atoms with Crippen LogP contribution in [0.15, 0.2) is 63.8 Å². The van der Waals surface area contributed by atoms with Crippen LogP contribution >= 0.6 is 12.4 Å². The molecule has 2 atom stereocenters. The lowest BCUT2D eigenvalue weighted by molar-refractivity contribution is -0.121. The molecule has 0 amide bonds. The number of carbonyl (C=O) groups excluding carboxylic acids is 1. The Morgan fingerprint density at radius 2 is 1.47 bits per heavy atom. The van der Waals surface area contributed by atoms with Crippen molar-refractivity contribution in [3.05, 3.63) is 76.1 Å². The normalized spacial score (nSPS) is 13.3. The van der Waals surface area contributed by atoms with E-state index in [0.29, 0.717) is 29.3 Å². The highest BCUT2D eigenvalue weighted by molar-refractivity contribution is 5.86. The molecule has 2 aromatic carbocycles. The second-order valence-corrected chi connectivity index (χ2v) is 9.76. The summed E-state index contributed by atoms with van der Waals surface area (Å²) in [5.74, 6) is -0.392. The summed E-state index contributed by atoms with van der Waals surface area (Å²) in [6.45, 7) is 12.4. The molecule has 1 aromatic heterocycles. The van der Waals surface area contributed by atoms with Crippen molar-refractivity contribution in [2.24, 2.45) is 17.8 Å². The largest absolute Gasteiger partial charge is 0.507 e. The van der Waals surface area contributed by atoms with Crippen molar-refractivity contribution < 1.29 is 14.3 Å². The molecular weight excluding hydrogens is 450 g/mol. The summed E-state index contributed by atoms with van der Waals surface area (Å²) < 4.78 is 5.60. The summed E-state index contributed by atoms with van der Waals surface area (Å²) in [5.41, 5.74) is 0.681. The quantitative estimate of drug-likeness (QED) is 0.363. The van der Waals surface area contributed by atoms with Crippen molar-refractivity contribution in [2.45, 2.75) is 40.5 Å². The molecule has 0 aliphatic rings. The minimum atomic E-state index is -0.619. The van der Waals surface area contributed by atoms with Crippen LogP contribution in [0.1, 0.15) is 51.7 Å². The number of carbonyl (C=O) groups is 1. The summed E-state index contributed by atoms with van der Waals surface area (Å²) in [7, 11) is 0. The zero-order valence-electron chi connectivity index (χ0n) is 20.7. The molecule has 3 aromatic rings. The molecule has 2 unspecified atom stereocenters. The highest BCUT2D eigenvalue weighted by Crippen LogP contribution is 2.39. The standard InChI is InChI=1S/C28H35NO4.ClH/c1-18(2)15-29(16-19(3)4)17-23(20(5)30)25(21-11-7-6-8-12-21)26-27(31)22-13-9-10-14-24(22)33-28(26)32;/h6-14,18-19,23,25,31H,15-17H2,1-5H3;1H. The summed E-state index contributed by atoms with van der Waals surface area (Å²) in [5, 5.41) is 11.7. The molecule has 0 fully saturated rings. The average molecular weight is 486 g/mol. The molecule has 1 heterocycles. The number of rotatable bonds is 10. The maximum atomic E-state index is 13.2. The van der Waals surface area contributed by atoms with E-state index in [4.69, 9.17) is 4.42 Å². The van der Waals surface area contributed by atoms with Crippen molar-refractivity contribution in [3.8, 4) is 5.75 Å². The maximum Gasteiger partial charge on any atom is 0.343 e. The van der Waals surface area contributed by atoms with E-state index in [1.165, 1.54) is 0 Å². The lowest BCUT2D eigenvalue weighted by Crippen LogP contribution is -2.40. The van der Waals surface area contributed by atoms with E-state index in [9.17, 15) is 14.7 Å². The number of para-hydroxylation sites is 1. The Labute approximate surface area is 208 Å². The van der Waals surface area contributed by atoms with Gasteiger partial charge in [0, 0.05) is 31.5 Å². The van der Waals surface area contributed by atoms with Crippen molar-refractivity contribution in [3.63, 3.8) is 0 Å². The molecule has 0 saturated heterocycles. The van der Waals surface area contributed by atoms with E-state index < -0.39 is 17.5 Å². The number of Topliss-reactive ketones (excluding diaryl/α,β-unsaturated/α-hetero) is 1. The Kier molecular flexibility index (Phi) is 9.90. The number of benzene rings is 2. The first-order valence-corrected chi connectivity index (χ1v) is 11.7. The van der Waals surface area contributed by atoms with E-state index in [2.05, 4.69) is 32.6 Å². The number of fused-ring (bicyclic) bond motifs is 1. The number of ketones is 1. The minimum Gasteiger partial charge on any atom is -0.507 e. The first-order chi connectivity index (χ1) is 15.7. The summed E-state index contributed by atoms with van der Waals surface area (Å²) in [4.78, 5) is 28.6. The van der Waals surface area contributed by atoms with Crippen LogP contribution in [0.4, 0.5) is 0 Å². The number of hydrogen-bond donors (Lipinski definition) is 1. The molecule has 0 saturated carbocycles. The van der Waals surface area contributed by atoms with Gasteiger partial charge < -0.3 is 14.4 Å². The molecule has 184 valence electrons. The second-order valence-electron chi connectivity index (χ2n) is 9.76. The Bertz CT molecular complexity index is 1130. The second kappa shape index (κ2) is 12.2. The fourth-order valence-electron chi connectivity index (χ4n) is 4.69. The molecule has 0 aliphatic heterocycles. The highest BCUT2D eigenvalue weighted by Gasteiger charge is 2.35. The number of aromatic hydroxyl groups is 1. The van der Waals surface area contributed by atoms with Gasteiger partial charge in [-0.2, -0.15) is 0 Å². The van der Waals surface area contributed by atoms with E-state index >= 15 is 0 Å². The zero-order valence-corrected chi connectivity index (χ0v) is 21.5. The lowest BCUT2D eigenvalue weighted by atomic mass is 9.78. The van der Waals surface area contributed by atoms with Crippen molar-refractivity contribution >= 4 is 29.2 Å². The van der Waals surface area contributed by atoms with Gasteiger partial charge in [-0.05, 0) is 36.5 Å². The van der Waals surface area contributed by atoms with Gasteiger partial charge in [0.25, 0.3) is 0 Å². The topological polar surface area (TPSA) is 70.8 Å². The van der Waals surface area contributed by atoms with Gasteiger partial charge in [0.1, 0.15) is 17.1 Å². The molecule has 6 heteroatoms. The van der Waals surface area contributed by atoms with Crippen LogP contribution < -0.4 is 5.63 Å². The van der Waals surface area contributed by atoms with Crippen LogP contribution in [0.2, 0.25) is 0 Å². The SMILES string of the molecule is CC(=O)C(CN(CC(C)C)CC(C)C)C(c1ccccc1)c1c(O)c2ccccc2oc1=O.Cl. The Hall–Kier alpha value is -2.63. The van der Waals surface area contributed by atoms with E-state index in [-0.39, 0.29) is 29.5 Å². The van der Waals surface area contributed by atoms with Gasteiger partial charge >= 0.3 is 5.63 Å². The first-order valence-electron chi connectivity index (χ1n) is 11.7. The van der Waals surface area contributed by atoms with E-state index in [1.54, 1.807) is 31.2 Å². The van der Waals surface area contributed by atoms with Gasteiger partial charge in [-0.15, -0.1) is 12.4 Å². The van der Waals surface area contributed by atoms with Crippen molar-refractivity contribution in [2.75, 3.05) is 19.6 Å². The van der Waals surface area contributed by atoms with E-state index in [1.807, 2.05) is 30.3 Å². The smallest absolute Gasteiger partial charge is 0.343 e. The molecule has 0 spiro atoms. The third-order valence-electron chi connectivity index (χ3n) is 5.92. The van der Waals surface area contributed by atoms with Gasteiger partial charge in [0.2, 0.25) is 0 Å². The van der Waals surface area contributed by atoms with Crippen LogP contribution in [-0.4, -0.2) is 35.4 Å². The summed E-state index contributed by atoms with van der Waals surface area (Å²) in [6.07, 6.45) is 0. The highest BCUT2D eigenvalue weighted by atomic mass is 35.5. The number of hydrogen-bond acceptors (Lipinski definition) is 5. The lowest BCUT2D eigenvalue weighted by Gasteiger charge is -2.33. The fraction of sp³-hybridized carbons (Fsp3) is 0.429. The monoisotopic (exact) mass is 485 g/mol. The van der Waals surface area contributed by atoms with Gasteiger partial charge in [-0.25, -0.2) is 4.79 Å². The van der Waals surface area contributed by atoms with Gasteiger partial charge in [-0.1, -0.05) is 70.2 Å². The number of nitrogens with zero attached hydrogens (tertiary/aromatic N) is 1. The third kappa shape index (κ3) is 6.49. The summed E-state index contributed by atoms with van der Waals surface area (Å²) >= 11 is 0. The summed E-state index contributed by atoms with van der Waals surface area (Å²) in [6, 6.07) is 16.4. The third-order valence-corrected chi connectivity index (χ3v) is 5.92. The van der Waals surface area contributed by atoms with Crippen molar-refractivity contribution in [1.82, 2.24) is 4.90 Å². The van der Waals surface area contributed by atoms with Crippen LogP contribution in [0.5, 0.6) is 5.75 Å². The van der Waals surface area contributed by atoms with Crippen LogP contribution in [0.3, 0.4) is 0 Å². The fourth-order valence-corrected chi connectivity index (χ4v) is 4.69. The molecular formula is C28H36ClNO4. The van der Waals surface area contributed by atoms with Crippen LogP contribution in [0.25, 0.3) is 11.0 Å². The Morgan fingerprint density at radius 1 is 0.912 bits per heavy atom.